The highest BCUT2D eigenvalue weighted by atomic mass is 16.5. The maximum atomic E-state index is 12.6. The number of carbonyl (C=O) groups is 2. The normalized spacial score (nSPS) is 45.8. The predicted octanol–water partition coefficient (Wildman–Crippen LogP) is 1.36. The first-order valence-electron chi connectivity index (χ1n) is 8.74. The Balaban J connectivity index is 1.37. The molecular formula is C17H26N2O3. The molecule has 1 amide bonds. The van der Waals surface area contributed by atoms with Crippen LogP contribution in [0.1, 0.15) is 51.9 Å². The molecule has 4 aliphatic carbocycles. The van der Waals surface area contributed by atoms with Gasteiger partial charge >= 0.3 is 5.97 Å². The second-order valence-corrected chi connectivity index (χ2v) is 8.12. The Hall–Kier alpha value is -1.10. The number of carbonyl (C=O) groups excluding carboxylic acids is 2. The second-order valence-electron chi connectivity index (χ2n) is 8.12. The van der Waals surface area contributed by atoms with Gasteiger partial charge in [0.25, 0.3) is 0 Å². The molecular weight excluding hydrogens is 280 g/mol. The first-order chi connectivity index (χ1) is 10.5. The predicted molar refractivity (Wildman–Crippen MR) is 81.0 cm³/mol. The van der Waals surface area contributed by atoms with Gasteiger partial charge in [0.1, 0.15) is 6.10 Å². The highest BCUT2D eigenvalue weighted by Gasteiger charge is 2.52. The van der Waals surface area contributed by atoms with E-state index >= 15 is 0 Å². The van der Waals surface area contributed by atoms with Crippen molar-refractivity contribution in [3.05, 3.63) is 0 Å². The van der Waals surface area contributed by atoms with E-state index in [1.165, 1.54) is 45.4 Å². The summed E-state index contributed by atoms with van der Waals surface area (Å²) in [7, 11) is 0. The fraction of sp³-hybridized carbons (Fsp3) is 0.882. The number of hydrogen-bond acceptors (Lipinski definition) is 4. The molecule has 0 aromatic rings. The Morgan fingerprint density at radius 3 is 2.18 bits per heavy atom. The van der Waals surface area contributed by atoms with Crippen LogP contribution in [0, 0.1) is 17.8 Å². The van der Waals surface area contributed by atoms with E-state index in [-0.39, 0.29) is 29.6 Å². The Labute approximate surface area is 131 Å². The van der Waals surface area contributed by atoms with Crippen LogP contribution in [0.25, 0.3) is 0 Å². The molecule has 1 saturated heterocycles. The molecule has 4 bridgehead atoms. The summed E-state index contributed by atoms with van der Waals surface area (Å²) in [5.41, 5.74) is 0.0625. The first kappa shape index (κ1) is 14.5. The number of nitrogens with one attached hydrogen (secondary N) is 2. The van der Waals surface area contributed by atoms with Gasteiger partial charge in [0, 0.05) is 25.4 Å². The Kier molecular flexibility index (Phi) is 3.44. The summed E-state index contributed by atoms with van der Waals surface area (Å²) in [6.07, 6.45) is 8.09. The molecule has 122 valence electrons. The molecule has 4 saturated carbocycles. The van der Waals surface area contributed by atoms with Crippen LogP contribution in [0.4, 0.5) is 0 Å². The largest absolute Gasteiger partial charge is 0.461 e. The molecule has 2 atom stereocenters. The third-order valence-corrected chi connectivity index (χ3v) is 6.17. The van der Waals surface area contributed by atoms with E-state index in [1.807, 2.05) is 0 Å². The van der Waals surface area contributed by atoms with Gasteiger partial charge in [-0.15, -0.1) is 0 Å². The minimum Gasteiger partial charge on any atom is -0.461 e. The minimum absolute atomic E-state index is 0.0625. The molecule has 0 radical (unpaired) electrons. The maximum absolute atomic E-state index is 12.6. The zero-order valence-electron chi connectivity index (χ0n) is 13.3. The van der Waals surface area contributed by atoms with Crippen LogP contribution in [0.15, 0.2) is 0 Å². The van der Waals surface area contributed by atoms with Crippen LogP contribution in [0.3, 0.4) is 0 Å². The van der Waals surface area contributed by atoms with Crippen molar-refractivity contribution < 1.29 is 14.3 Å². The van der Waals surface area contributed by atoms with E-state index in [0.29, 0.717) is 13.0 Å². The van der Waals surface area contributed by atoms with Crippen molar-refractivity contribution in [1.82, 2.24) is 10.6 Å². The first-order valence-corrected chi connectivity index (χ1v) is 8.74. The smallest absolute Gasteiger partial charge is 0.302 e. The summed E-state index contributed by atoms with van der Waals surface area (Å²) in [4.78, 5) is 23.7. The molecule has 22 heavy (non-hydrogen) atoms. The lowest BCUT2D eigenvalue weighted by atomic mass is 9.53. The van der Waals surface area contributed by atoms with Gasteiger partial charge in [0.05, 0.1) is 6.04 Å². The highest BCUT2D eigenvalue weighted by molar-refractivity contribution is 5.83. The fourth-order valence-corrected chi connectivity index (χ4v) is 5.84. The quantitative estimate of drug-likeness (QED) is 0.773. The number of amides is 1. The summed E-state index contributed by atoms with van der Waals surface area (Å²) < 4.78 is 5.20. The van der Waals surface area contributed by atoms with Crippen molar-refractivity contribution in [3.63, 3.8) is 0 Å². The van der Waals surface area contributed by atoms with E-state index in [2.05, 4.69) is 10.6 Å². The van der Waals surface area contributed by atoms with Crippen LogP contribution in [-0.4, -0.2) is 36.1 Å². The standard InChI is InChI=1S/C17H26N2O3/c1-10(20)22-14-5-15(18-9-14)16(21)19-17-6-11-2-12(7-17)4-13(3-11)8-17/h11-15,18H,2-9H2,1H3,(H,19,21)/t11?,12?,13?,14-,15+,17?/m1/s1. The third-order valence-electron chi connectivity index (χ3n) is 6.17. The molecule has 1 aliphatic heterocycles. The van der Waals surface area contributed by atoms with Gasteiger partial charge in [-0.25, -0.2) is 0 Å². The monoisotopic (exact) mass is 306 g/mol. The lowest BCUT2D eigenvalue weighted by molar-refractivity contribution is -0.145. The fourth-order valence-electron chi connectivity index (χ4n) is 5.84. The van der Waals surface area contributed by atoms with Gasteiger partial charge in [0.2, 0.25) is 5.91 Å². The Morgan fingerprint density at radius 2 is 1.64 bits per heavy atom. The molecule has 0 aromatic carbocycles. The zero-order valence-corrected chi connectivity index (χ0v) is 13.3. The van der Waals surface area contributed by atoms with Gasteiger partial charge < -0.3 is 15.4 Å². The highest BCUT2D eigenvalue weighted by Crippen LogP contribution is 2.55. The number of hydrogen-bond donors (Lipinski definition) is 2. The molecule has 5 fully saturated rings. The van der Waals surface area contributed by atoms with Crippen LogP contribution in [0.2, 0.25) is 0 Å². The van der Waals surface area contributed by atoms with E-state index in [4.69, 9.17) is 4.74 Å². The van der Waals surface area contributed by atoms with Crippen LogP contribution in [0.5, 0.6) is 0 Å². The van der Waals surface area contributed by atoms with Crippen LogP contribution >= 0.6 is 0 Å². The third kappa shape index (κ3) is 2.64. The van der Waals surface area contributed by atoms with Gasteiger partial charge in [-0.3, -0.25) is 9.59 Å². The molecule has 5 nitrogen and oxygen atoms in total. The van der Waals surface area contributed by atoms with E-state index in [0.717, 1.165) is 17.8 Å². The van der Waals surface area contributed by atoms with Gasteiger partial charge in [-0.05, 0) is 56.3 Å². The lowest BCUT2D eigenvalue weighted by Crippen LogP contribution is -2.62. The molecule has 2 N–H and O–H groups in total. The molecule has 5 aliphatic rings. The average molecular weight is 306 g/mol. The van der Waals surface area contributed by atoms with Gasteiger partial charge in [-0.1, -0.05) is 0 Å². The summed E-state index contributed by atoms with van der Waals surface area (Å²) in [5.74, 6) is 2.33. The topological polar surface area (TPSA) is 67.4 Å². The molecule has 0 aromatic heterocycles. The number of ether oxygens (including phenoxy) is 1. The van der Waals surface area contributed by atoms with Crippen molar-refractivity contribution >= 4 is 11.9 Å². The van der Waals surface area contributed by atoms with Crippen molar-refractivity contribution in [2.24, 2.45) is 17.8 Å². The number of rotatable bonds is 3. The van der Waals surface area contributed by atoms with Crippen LogP contribution in [-0.2, 0) is 14.3 Å². The van der Waals surface area contributed by atoms with Crippen molar-refractivity contribution in [3.8, 4) is 0 Å². The molecule has 0 spiro atoms. The summed E-state index contributed by atoms with van der Waals surface area (Å²) >= 11 is 0. The van der Waals surface area contributed by atoms with Crippen LogP contribution < -0.4 is 10.6 Å². The lowest BCUT2D eigenvalue weighted by Gasteiger charge is -2.57. The zero-order chi connectivity index (χ0) is 15.3. The van der Waals surface area contributed by atoms with Gasteiger partial charge in [-0.2, -0.15) is 0 Å². The molecule has 5 rings (SSSR count). The summed E-state index contributed by atoms with van der Waals surface area (Å²) in [6.45, 7) is 2.00. The SMILES string of the molecule is CC(=O)O[C@H]1CN[C@H](C(=O)NC23CC4CC(CC(C4)C2)C3)C1. The van der Waals surface area contributed by atoms with E-state index in [9.17, 15) is 9.59 Å². The van der Waals surface area contributed by atoms with E-state index < -0.39 is 0 Å². The Bertz CT molecular complexity index is 455. The van der Waals surface area contributed by atoms with E-state index in [1.54, 1.807) is 0 Å². The second kappa shape index (κ2) is 5.22. The molecule has 5 heteroatoms. The van der Waals surface area contributed by atoms with Crippen molar-refractivity contribution in [1.29, 1.82) is 0 Å². The summed E-state index contributed by atoms with van der Waals surface area (Å²) in [6, 6.07) is -0.211. The number of esters is 1. The van der Waals surface area contributed by atoms with Crippen molar-refractivity contribution in [2.45, 2.75) is 69.6 Å². The maximum Gasteiger partial charge on any atom is 0.302 e. The Morgan fingerprint density at radius 1 is 1.05 bits per heavy atom. The minimum atomic E-state index is -0.269. The van der Waals surface area contributed by atoms with Crippen molar-refractivity contribution in [2.75, 3.05) is 6.54 Å². The van der Waals surface area contributed by atoms with Gasteiger partial charge in [0.15, 0.2) is 0 Å². The average Bonchev–Trinajstić information content (AvgIpc) is 2.84. The molecule has 0 unspecified atom stereocenters. The molecule has 1 heterocycles. The summed E-state index contributed by atoms with van der Waals surface area (Å²) in [5, 5.41) is 6.60.